The molecule has 1 atom stereocenters. The normalized spacial score (nSPS) is 23.7. The van der Waals surface area contributed by atoms with E-state index in [0.29, 0.717) is 6.04 Å². The van der Waals surface area contributed by atoms with Crippen molar-refractivity contribution in [3.05, 3.63) is 0 Å². The second-order valence-corrected chi connectivity index (χ2v) is 7.39. The zero-order valence-corrected chi connectivity index (χ0v) is 15.7. The number of methoxy groups -OCH3 is 2. The van der Waals surface area contributed by atoms with E-state index in [0.717, 1.165) is 25.7 Å². The van der Waals surface area contributed by atoms with Crippen molar-refractivity contribution in [3.63, 3.8) is 0 Å². The summed E-state index contributed by atoms with van der Waals surface area (Å²) in [4.78, 5) is 13.9. The summed E-state index contributed by atoms with van der Waals surface area (Å²) in [5.41, 5.74) is -0.450. The first-order valence-electron chi connectivity index (χ1n) is 8.45. The van der Waals surface area contributed by atoms with Crippen LogP contribution >= 0.6 is 0 Å². The summed E-state index contributed by atoms with van der Waals surface area (Å²) in [5, 5.41) is 3.56. The van der Waals surface area contributed by atoms with Gasteiger partial charge in [0.1, 0.15) is 5.60 Å². The van der Waals surface area contributed by atoms with Crippen LogP contribution in [-0.4, -0.2) is 62.3 Å². The number of rotatable bonds is 6. The molecule has 0 saturated heterocycles. The van der Waals surface area contributed by atoms with E-state index < -0.39 is 5.60 Å². The molecule has 1 saturated carbocycles. The fraction of sp³-hybridized carbons (Fsp3) is 0.941. The number of ether oxygens (including phenoxy) is 3. The van der Waals surface area contributed by atoms with Crippen LogP contribution in [0.25, 0.3) is 0 Å². The molecular formula is C17H34N2O4. The van der Waals surface area contributed by atoms with Gasteiger partial charge in [-0.3, -0.25) is 0 Å². The second-order valence-electron chi connectivity index (χ2n) is 7.39. The van der Waals surface area contributed by atoms with Crippen molar-refractivity contribution in [1.82, 2.24) is 10.2 Å². The molecule has 23 heavy (non-hydrogen) atoms. The molecule has 1 amide bonds. The number of carbonyl (C=O) groups excluding carboxylic acids is 1. The number of nitrogens with one attached hydrogen (secondary N) is 1. The standard InChI is InChI=1S/C17H34N2O4/c1-12(15(21-6)22-7)18-13-8-10-14(11-9-13)19(5)16(20)23-17(2,3)4/h12-15,18H,8-11H2,1-7H3. The summed E-state index contributed by atoms with van der Waals surface area (Å²) in [6.07, 6.45) is 3.54. The highest BCUT2D eigenvalue weighted by atomic mass is 16.7. The molecule has 0 aromatic heterocycles. The summed E-state index contributed by atoms with van der Waals surface area (Å²) in [7, 11) is 5.14. The van der Waals surface area contributed by atoms with E-state index in [2.05, 4.69) is 12.2 Å². The van der Waals surface area contributed by atoms with Crippen LogP contribution < -0.4 is 5.32 Å². The largest absolute Gasteiger partial charge is 0.444 e. The van der Waals surface area contributed by atoms with Gasteiger partial charge < -0.3 is 24.4 Å². The Bertz CT molecular complexity index is 358. The van der Waals surface area contributed by atoms with E-state index in [9.17, 15) is 4.79 Å². The molecule has 0 aliphatic heterocycles. The maximum Gasteiger partial charge on any atom is 0.410 e. The summed E-state index contributed by atoms with van der Waals surface area (Å²) < 4.78 is 16.0. The summed E-state index contributed by atoms with van der Waals surface area (Å²) >= 11 is 0. The van der Waals surface area contributed by atoms with Crippen molar-refractivity contribution in [2.45, 2.75) is 83.4 Å². The minimum Gasteiger partial charge on any atom is -0.444 e. The van der Waals surface area contributed by atoms with Crippen molar-refractivity contribution in [2.75, 3.05) is 21.3 Å². The van der Waals surface area contributed by atoms with Gasteiger partial charge in [-0.1, -0.05) is 0 Å². The fourth-order valence-corrected chi connectivity index (χ4v) is 3.07. The van der Waals surface area contributed by atoms with Crippen LogP contribution in [0.15, 0.2) is 0 Å². The molecule has 6 nitrogen and oxygen atoms in total. The van der Waals surface area contributed by atoms with Gasteiger partial charge >= 0.3 is 6.09 Å². The smallest absolute Gasteiger partial charge is 0.410 e. The number of amides is 1. The van der Waals surface area contributed by atoms with Crippen LogP contribution in [0.1, 0.15) is 53.4 Å². The maximum atomic E-state index is 12.1. The molecule has 1 aliphatic carbocycles. The quantitative estimate of drug-likeness (QED) is 0.759. The Labute approximate surface area is 140 Å². The van der Waals surface area contributed by atoms with Crippen molar-refractivity contribution >= 4 is 6.09 Å². The van der Waals surface area contributed by atoms with Gasteiger partial charge in [0.05, 0.1) is 6.04 Å². The average molecular weight is 330 g/mol. The molecule has 6 heteroatoms. The molecular weight excluding hydrogens is 296 g/mol. The molecule has 0 radical (unpaired) electrons. The van der Waals surface area contributed by atoms with E-state index in [-0.39, 0.29) is 24.5 Å². The molecule has 136 valence electrons. The summed E-state index contributed by atoms with van der Waals surface area (Å²) in [6.45, 7) is 7.74. The van der Waals surface area contributed by atoms with Gasteiger partial charge in [0.15, 0.2) is 6.29 Å². The van der Waals surface area contributed by atoms with E-state index in [1.807, 2.05) is 27.8 Å². The van der Waals surface area contributed by atoms with E-state index in [1.54, 1.807) is 19.1 Å². The highest BCUT2D eigenvalue weighted by molar-refractivity contribution is 5.68. The monoisotopic (exact) mass is 330 g/mol. The lowest BCUT2D eigenvalue weighted by Gasteiger charge is -2.37. The van der Waals surface area contributed by atoms with Crippen molar-refractivity contribution in [1.29, 1.82) is 0 Å². The maximum absolute atomic E-state index is 12.1. The Morgan fingerprint density at radius 3 is 2.09 bits per heavy atom. The molecule has 0 heterocycles. The van der Waals surface area contributed by atoms with Gasteiger partial charge in [-0.25, -0.2) is 4.79 Å². The van der Waals surface area contributed by atoms with Crippen molar-refractivity contribution < 1.29 is 19.0 Å². The molecule has 0 aromatic carbocycles. The fourth-order valence-electron chi connectivity index (χ4n) is 3.07. The topological polar surface area (TPSA) is 60.0 Å². The number of hydrogen-bond acceptors (Lipinski definition) is 5. The van der Waals surface area contributed by atoms with Crippen molar-refractivity contribution in [2.24, 2.45) is 0 Å². The van der Waals surface area contributed by atoms with Gasteiger partial charge in [-0.05, 0) is 53.4 Å². The molecule has 1 N–H and O–H groups in total. The zero-order valence-electron chi connectivity index (χ0n) is 15.7. The highest BCUT2D eigenvalue weighted by Crippen LogP contribution is 2.24. The SMILES string of the molecule is COC(OC)C(C)NC1CCC(N(C)C(=O)OC(C)(C)C)CC1. The minimum absolute atomic E-state index is 0.134. The Kier molecular flexibility index (Phi) is 7.77. The van der Waals surface area contributed by atoms with Gasteiger partial charge in [0.25, 0.3) is 0 Å². The van der Waals surface area contributed by atoms with Crippen LogP contribution in [0.5, 0.6) is 0 Å². The Hall–Kier alpha value is -0.850. The Morgan fingerprint density at radius 1 is 1.13 bits per heavy atom. The third-order valence-corrected chi connectivity index (χ3v) is 4.30. The molecule has 1 rings (SSSR count). The number of hydrogen-bond donors (Lipinski definition) is 1. The molecule has 0 spiro atoms. The first-order chi connectivity index (χ1) is 10.7. The highest BCUT2D eigenvalue weighted by Gasteiger charge is 2.30. The molecule has 0 bridgehead atoms. The van der Waals surface area contributed by atoms with Gasteiger partial charge in [-0.2, -0.15) is 0 Å². The summed E-state index contributed by atoms with van der Waals surface area (Å²) in [6, 6.07) is 0.815. The lowest BCUT2D eigenvalue weighted by atomic mass is 9.90. The average Bonchev–Trinajstić information content (AvgIpc) is 2.46. The summed E-state index contributed by atoms with van der Waals surface area (Å²) in [5.74, 6) is 0. The predicted octanol–water partition coefficient (Wildman–Crippen LogP) is 2.76. The van der Waals surface area contributed by atoms with Crippen LogP contribution in [0.3, 0.4) is 0 Å². The van der Waals surface area contributed by atoms with Gasteiger partial charge in [0, 0.05) is 33.4 Å². The van der Waals surface area contributed by atoms with Crippen LogP contribution in [0.4, 0.5) is 4.79 Å². The Balaban J connectivity index is 2.41. The molecule has 1 fully saturated rings. The third-order valence-electron chi connectivity index (χ3n) is 4.30. The van der Waals surface area contributed by atoms with Crippen LogP contribution in [0.2, 0.25) is 0 Å². The van der Waals surface area contributed by atoms with Crippen LogP contribution in [0, 0.1) is 0 Å². The predicted molar refractivity (Wildman–Crippen MR) is 90.4 cm³/mol. The first-order valence-corrected chi connectivity index (χ1v) is 8.45. The van der Waals surface area contributed by atoms with E-state index in [1.165, 1.54) is 0 Å². The van der Waals surface area contributed by atoms with Gasteiger partial charge in [-0.15, -0.1) is 0 Å². The van der Waals surface area contributed by atoms with Crippen LogP contribution in [-0.2, 0) is 14.2 Å². The van der Waals surface area contributed by atoms with Crippen molar-refractivity contribution in [3.8, 4) is 0 Å². The third kappa shape index (κ3) is 6.65. The number of nitrogens with zero attached hydrogens (tertiary/aromatic N) is 1. The Morgan fingerprint density at radius 2 is 1.65 bits per heavy atom. The van der Waals surface area contributed by atoms with E-state index in [4.69, 9.17) is 14.2 Å². The lowest BCUT2D eigenvalue weighted by molar-refractivity contribution is -0.121. The zero-order chi connectivity index (χ0) is 17.6. The first kappa shape index (κ1) is 20.2. The molecule has 0 aromatic rings. The van der Waals surface area contributed by atoms with E-state index >= 15 is 0 Å². The van der Waals surface area contributed by atoms with Gasteiger partial charge in [0.2, 0.25) is 0 Å². The molecule has 1 unspecified atom stereocenters. The number of carbonyl (C=O) groups is 1. The lowest BCUT2D eigenvalue weighted by Crippen LogP contribution is -2.49. The minimum atomic E-state index is -0.450. The molecule has 1 aliphatic rings. The second kappa shape index (κ2) is 8.85.